The van der Waals surface area contributed by atoms with Crippen molar-refractivity contribution in [2.24, 2.45) is 5.92 Å². The van der Waals surface area contributed by atoms with Crippen molar-refractivity contribution in [1.82, 2.24) is 9.21 Å². The molecule has 5 nitrogen and oxygen atoms in total. The molecule has 2 aliphatic heterocycles. The van der Waals surface area contributed by atoms with E-state index < -0.39 is 15.8 Å². The summed E-state index contributed by atoms with van der Waals surface area (Å²) in [6.45, 7) is 2.11. The van der Waals surface area contributed by atoms with Crippen LogP contribution in [0.4, 0.5) is 4.39 Å². The predicted octanol–water partition coefficient (Wildman–Crippen LogP) is 2.63. The van der Waals surface area contributed by atoms with Gasteiger partial charge >= 0.3 is 0 Å². The Kier molecular flexibility index (Phi) is 5.74. The quantitative estimate of drug-likeness (QED) is 0.824. The number of piperidine rings is 1. The van der Waals surface area contributed by atoms with E-state index >= 15 is 0 Å². The van der Waals surface area contributed by atoms with Gasteiger partial charge in [-0.1, -0.05) is 18.9 Å². The number of rotatable bonds is 3. The third kappa shape index (κ3) is 4.20. The van der Waals surface area contributed by atoms with E-state index in [1.807, 2.05) is 4.90 Å². The lowest BCUT2D eigenvalue weighted by molar-refractivity contribution is -0.136. The first kappa shape index (κ1) is 18.3. The molecule has 0 N–H and O–H groups in total. The van der Waals surface area contributed by atoms with E-state index in [2.05, 4.69) is 0 Å². The van der Waals surface area contributed by atoms with Crippen molar-refractivity contribution in [2.45, 2.75) is 43.4 Å². The van der Waals surface area contributed by atoms with Crippen LogP contribution in [0.25, 0.3) is 0 Å². The molecule has 0 radical (unpaired) electrons. The molecule has 0 aromatic heterocycles. The molecular weight excluding hydrogens is 343 g/mol. The molecule has 2 aliphatic rings. The van der Waals surface area contributed by atoms with Crippen LogP contribution in [0.2, 0.25) is 0 Å². The van der Waals surface area contributed by atoms with Crippen LogP contribution < -0.4 is 0 Å². The maximum absolute atomic E-state index is 13.4. The maximum Gasteiger partial charge on any atom is 0.243 e. The van der Waals surface area contributed by atoms with Crippen molar-refractivity contribution < 1.29 is 17.6 Å². The lowest BCUT2D eigenvalue weighted by Crippen LogP contribution is -2.47. The van der Waals surface area contributed by atoms with Crippen molar-refractivity contribution in [1.29, 1.82) is 0 Å². The van der Waals surface area contributed by atoms with Crippen LogP contribution in [-0.2, 0) is 14.8 Å². The van der Waals surface area contributed by atoms with Crippen LogP contribution in [0.1, 0.15) is 38.5 Å². The van der Waals surface area contributed by atoms with Crippen LogP contribution in [-0.4, -0.2) is 49.7 Å². The van der Waals surface area contributed by atoms with Crippen molar-refractivity contribution in [3.63, 3.8) is 0 Å². The number of carbonyl (C=O) groups is 1. The van der Waals surface area contributed by atoms with Crippen LogP contribution in [0.5, 0.6) is 0 Å². The smallest absolute Gasteiger partial charge is 0.243 e. The molecular formula is C18H25FN2O3S. The first-order valence-electron chi connectivity index (χ1n) is 9.03. The highest BCUT2D eigenvalue weighted by molar-refractivity contribution is 7.89. The molecule has 0 saturated carbocycles. The minimum Gasteiger partial charge on any atom is -0.342 e. The van der Waals surface area contributed by atoms with Gasteiger partial charge in [-0.05, 0) is 43.9 Å². The summed E-state index contributed by atoms with van der Waals surface area (Å²) in [7, 11) is -3.77. The number of sulfonamides is 1. The van der Waals surface area contributed by atoms with Gasteiger partial charge in [-0.2, -0.15) is 4.31 Å². The Hall–Kier alpha value is -1.47. The average Bonchev–Trinajstić information content (AvgIpc) is 2.90. The highest BCUT2D eigenvalue weighted by atomic mass is 32.2. The highest BCUT2D eigenvalue weighted by Crippen LogP contribution is 2.26. The number of carbonyl (C=O) groups excluding carboxylic acids is 1. The molecule has 0 spiro atoms. The van der Waals surface area contributed by atoms with Crippen molar-refractivity contribution >= 4 is 15.9 Å². The summed E-state index contributed by atoms with van der Waals surface area (Å²) >= 11 is 0. The summed E-state index contributed by atoms with van der Waals surface area (Å²) in [4.78, 5) is 14.7. The number of halogens is 1. The van der Waals surface area contributed by atoms with Gasteiger partial charge < -0.3 is 4.90 Å². The zero-order valence-electron chi connectivity index (χ0n) is 14.4. The molecule has 3 rings (SSSR count). The third-order valence-corrected chi connectivity index (χ3v) is 6.95. The lowest BCUT2D eigenvalue weighted by Gasteiger charge is -2.34. The molecule has 1 aromatic rings. The number of hydrogen-bond acceptors (Lipinski definition) is 3. The van der Waals surface area contributed by atoms with Crippen molar-refractivity contribution in [2.75, 3.05) is 26.2 Å². The summed E-state index contributed by atoms with van der Waals surface area (Å²) < 4.78 is 40.3. The highest BCUT2D eigenvalue weighted by Gasteiger charge is 2.35. The molecule has 138 valence electrons. The van der Waals surface area contributed by atoms with Gasteiger partial charge in [-0.3, -0.25) is 4.79 Å². The Morgan fingerprint density at radius 1 is 1.04 bits per heavy atom. The van der Waals surface area contributed by atoms with Gasteiger partial charge in [0.1, 0.15) is 5.82 Å². The average molecular weight is 368 g/mol. The third-order valence-electron chi connectivity index (χ3n) is 5.08. The molecule has 7 heteroatoms. The van der Waals surface area contributed by atoms with Crippen molar-refractivity contribution in [3.8, 4) is 0 Å². The Morgan fingerprint density at radius 3 is 2.44 bits per heavy atom. The Labute approximate surface area is 148 Å². The Bertz CT molecular complexity index is 715. The first-order chi connectivity index (χ1) is 12.0. The first-order valence-corrected chi connectivity index (χ1v) is 10.5. The number of hydrogen-bond donors (Lipinski definition) is 0. The molecule has 0 bridgehead atoms. The normalized spacial score (nSPS) is 23.2. The zero-order valence-corrected chi connectivity index (χ0v) is 15.2. The topological polar surface area (TPSA) is 57.7 Å². The van der Waals surface area contributed by atoms with E-state index in [0.717, 1.165) is 44.8 Å². The van der Waals surface area contributed by atoms with Crippen LogP contribution in [0.15, 0.2) is 29.2 Å². The lowest BCUT2D eigenvalue weighted by atomic mass is 9.98. The largest absolute Gasteiger partial charge is 0.342 e. The summed E-state index contributed by atoms with van der Waals surface area (Å²) in [6, 6.07) is 5.06. The molecule has 0 aliphatic carbocycles. The SMILES string of the molecule is O=C([C@@H]1CCCN(S(=O)(=O)c2cccc(F)c2)C1)N1CCCCCC1. The van der Waals surface area contributed by atoms with Gasteiger partial charge in [0.25, 0.3) is 0 Å². The van der Waals surface area contributed by atoms with E-state index in [-0.39, 0.29) is 23.3 Å². The van der Waals surface area contributed by atoms with E-state index in [0.29, 0.717) is 19.4 Å². The summed E-state index contributed by atoms with van der Waals surface area (Å²) in [5.41, 5.74) is 0. The van der Waals surface area contributed by atoms with Crippen LogP contribution in [0, 0.1) is 11.7 Å². The fourth-order valence-corrected chi connectivity index (χ4v) is 5.24. The molecule has 0 unspecified atom stereocenters. The number of amides is 1. The van der Waals surface area contributed by atoms with Crippen molar-refractivity contribution in [3.05, 3.63) is 30.1 Å². The summed E-state index contributed by atoms with van der Waals surface area (Å²) in [6.07, 6.45) is 5.69. The Balaban J connectivity index is 1.73. The number of benzene rings is 1. The Morgan fingerprint density at radius 2 is 1.76 bits per heavy atom. The molecule has 1 amide bonds. The fraction of sp³-hybridized carbons (Fsp3) is 0.611. The second-order valence-electron chi connectivity index (χ2n) is 6.90. The monoisotopic (exact) mass is 368 g/mol. The molecule has 2 fully saturated rings. The zero-order chi connectivity index (χ0) is 17.9. The van der Waals surface area contributed by atoms with Gasteiger partial charge in [-0.15, -0.1) is 0 Å². The minimum absolute atomic E-state index is 0.0460. The molecule has 1 aromatic carbocycles. The summed E-state index contributed by atoms with van der Waals surface area (Å²) in [5, 5.41) is 0. The van der Waals surface area contributed by atoms with Crippen LogP contribution >= 0.6 is 0 Å². The van der Waals surface area contributed by atoms with Gasteiger partial charge in [0.2, 0.25) is 15.9 Å². The number of likely N-dealkylation sites (tertiary alicyclic amines) is 1. The maximum atomic E-state index is 13.4. The van der Waals surface area contributed by atoms with Crippen LogP contribution in [0.3, 0.4) is 0 Å². The second-order valence-corrected chi connectivity index (χ2v) is 8.84. The van der Waals surface area contributed by atoms with Gasteiger partial charge in [-0.25, -0.2) is 12.8 Å². The standard InChI is InChI=1S/C18H25FN2O3S/c19-16-8-5-9-17(13-16)25(23,24)21-12-6-7-15(14-21)18(22)20-10-3-1-2-4-11-20/h5,8-9,13,15H,1-4,6-7,10-12,14H2/t15-/m1/s1. The van der Waals surface area contributed by atoms with Gasteiger partial charge in [0.15, 0.2) is 0 Å². The molecule has 2 heterocycles. The predicted molar refractivity (Wildman–Crippen MR) is 92.9 cm³/mol. The summed E-state index contributed by atoms with van der Waals surface area (Å²) in [5.74, 6) is -0.800. The van der Waals surface area contributed by atoms with Gasteiger partial charge in [0.05, 0.1) is 10.8 Å². The van der Waals surface area contributed by atoms with E-state index in [4.69, 9.17) is 0 Å². The van der Waals surface area contributed by atoms with Gasteiger partial charge in [0, 0.05) is 26.2 Å². The molecule has 1 atom stereocenters. The minimum atomic E-state index is -3.77. The number of nitrogens with zero attached hydrogens (tertiary/aromatic N) is 2. The fourth-order valence-electron chi connectivity index (χ4n) is 3.69. The molecule has 2 saturated heterocycles. The van der Waals surface area contributed by atoms with E-state index in [1.54, 1.807) is 0 Å². The van der Waals surface area contributed by atoms with E-state index in [9.17, 15) is 17.6 Å². The van der Waals surface area contributed by atoms with E-state index in [1.165, 1.54) is 22.5 Å². The molecule has 25 heavy (non-hydrogen) atoms. The second kappa shape index (κ2) is 7.83.